The summed E-state index contributed by atoms with van der Waals surface area (Å²) in [5.74, 6) is 0.918. The molecule has 84 valence electrons. The second-order valence-corrected chi connectivity index (χ2v) is 4.57. The van der Waals surface area contributed by atoms with Gasteiger partial charge in [-0.1, -0.05) is 43.3 Å². The number of allylic oxidation sites excluding steroid dienone is 1. The summed E-state index contributed by atoms with van der Waals surface area (Å²) in [7, 11) is 1.81. The predicted molar refractivity (Wildman–Crippen MR) is 68.5 cm³/mol. The quantitative estimate of drug-likeness (QED) is 0.607. The van der Waals surface area contributed by atoms with Crippen molar-refractivity contribution >= 4 is 5.84 Å². The van der Waals surface area contributed by atoms with Gasteiger partial charge in [-0.2, -0.15) is 0 Å². The lowest BCUT2D eigenvalue weighted by Gasteiger charge is -2.06. The fourth-order valence-electron chi connectivity index (χ4n) is 1.56. The maximum atomic E-state index is 4.25. The Hall–Kier alpha value is -1.57. The average Bonchev–Trinajstić information content (AvgIpc) is 3.04. The highest BCUT2D eigenvalue weighted by atomic mass is 15.0. The molecule has 1 aliphatic rings. The Kier molecular flexibility index (Phi) is 3.09. The lowest BCUT2D eigenvalue weighted by Crippen LogP contribution is -2.18. The molecule has 0 aromatic heterocycles. The van der Waals surface area contributed by atoms with Gasteiger partial charge in [0.25, 0.3) is 0 Å². The Morgan fingerprint density at radius 2 is 2.00 bits per heavy atom. The molecule has 0 saturated heterocycles. The molecule has 1 aromatic carbocycles. The Bertz CT molecular complexity index is 400. The van der Waals surface area contributed by atoms with Crippen LogP contribution in [-0.4, -0.2) is 12.9 Å². The fraction of sp³-hybridized carbons (Fsp3) is 0.357. The Balaban J connectivity index is 1.99. The van der Waals surface area contributed by atoms with E-state index in [0.29, 0.717) is 5.41 Å². The van der Waals surface area contributed by atoms with Gasteiger partial charge in [-0.3, -0.25) is 4.99 Å². The van der Waals surface area contributed by atoms with Gasteiger partial charge in [0.05, 0.1) is 0 Å². The zero-order valence-electron chi connectivity index (χ0n) is 9.90. The molecule has 1 fully saturated rings. The van der Waals surface area contributed by atoms with Gasteiger partial charge in [-0.15, -0.1) is 0 Å². The zero-order chi connectivity index (χ0) is 11.4. The molecular formula is C14H18N2. The van der Waals surface area contributed by atoms with Crippen molar-refractivity contribution in [3.05, 3.63) is 48.2 Å². The lowest BCUT2D eigenvalue weighted by molar-refractivity contribution is 0.743. The van der Waals surface area contributed by atoms with Crippen LogP contribution in [0.3, 0.4) is 0 Å². The SMILES string of the molecule is CN=C(N/C=C\C1(C)CC1)c1ccccc1. The van der Waals surface area contributed by atoms with Crippen LogP contribution in [0.4, 0.5) is 0 Å². The third-order valence-corrected chi connectivity index (χ3v) is 3.02. The van der Waals surface area contributed by atoms with E-state index in [-0.39, 0.29) is 0 Å². The van der Waals surface area contributed by atoms with Crippen LogP contribution in [0.25, 0.3) is 0 Å². The van der Waals surface area contributed by atoms with Crippen molar-refractivity contribution < 1.29 is 0 Å². The van der Waals surface area contributed by atoms with Crippen molar-refractivity contribution in [1.29, 1.82) is 0 Å². The Labute approximate surface area is 97.1 Å². The topological polar surface area (TPSA) is 24.4 Å². The molecule has 0 spiro atoms. The first kappa shape index (κ1) is 10.9. The van der Waals surface area contributed by atoms with Gasteiger partial charge in [-0.05, 0) is 24.5 Å². The monoisotopic (exact) mass is 214 g/mol. The molecule has 0 radical (unpaired) electrons. The van der Waals surface area contributed by atoms with Crippen LogP contribution in [-0.2, 0) is 0 Å². The molecule has 0 atom stereocenters. The maximum absolute atomic E-state index is 4.25. The van der Waals surface area contributed by atoms with E-state index in [1.807, 2.05) is 31.4 Å². The summed E-state index contributed by atoms with van der Waals surface area (Å²) in [5.41, 5.74) is 1.55. The van der Waals surface area contributed by atoms with Crippen molar-refractivity contribution in [3.63, 3.8) is 0 Å². The molecule has 1 aromatic rings. The van der Waals surface area contributed by atoms with E-state index in [2.05, 4.69) is 35.4 Å². The Morgan fingerprint density at radius 1 is 1.31 bits per heavy atom. The minimum absolute atomic E-state index is 0.433. The predicted octanol–water partition coefficient (Wildman–Crippen LogP) is 2.97. The molecule has 1 saturated carbocycles. The summed E-state index contributed by atoms with van der Waals surface area (Å²) < 4.78 is 0. The fourth-order valence-corrected chi connectivity index (χ4v) is 1.56. The summed E-state index contributed by atoms with van der Waals surface area (Å²) >= 11 is 0. The number of rotatable bonds is 3. The number of amidine groups is 1. The van der Waals surface area contributed by atoms with E-state index in [4.69, 9.17) is 0 Å². The second-order valence-electron chi connectivity index (χ2n) is 4.57. The Morgan fingerprint density at radius 3 is 2.56 bits per heavy atom. The van der Waals surface area contributed by atoms with Crippen molar-refractivity contribution in [2.75, 3.05) is 7.05 Å². The molecule has 1 N–H and O–H groups in total. The molecule has 2 nitrogen and oxygen atoms in total. The standard InChI is InChI=1S/C14H18N2/c1-14(8-9-14)10-11-16-13(15-2)12-6-4-3-5-7-12/h3-7,10-11H,8-9H2,1-2H3,(H,15,16)/b11-10-. The van der Waals surface area contributed by atoms with Gasteiger partial charge in [0.15, 0.2) is 0 Å². The first-order valence-electron chi connectivity index (χ1n) is 5.70. The molecule has 16 heavy (non-hydrogen) atoms. The highest BCUT2D eigenvalue weighted by molar-refractivity contribution is 5.99. The van der Waals surface area contributed by atoms with Gasteiger partial charge in [0.2, 0.25) is 0 Å². The van der Waals surface area contributed by atoms with Gasteiger partial charge in [0.1, 0.15) is 5.84 Å². The third-order valence-electron chi connectivity index (χ3n) is 3.02. The molecule has 2 rings (SSSR count). The van der Waals surface area contributed by atoms with Crippen LogP contribution in [0.2, 0.25) is 0 Å². The summed E-state index contributed by atoms with van der Waals surface area (Å²) in [6, 6.07) is 10.2. The molecule has 0 aliphatic heterocycles. The molecular weight excluding hydrogens is 196 g/mol. The van der Waals surface area contributed by atoms with Crippen LogP contribution in [0.15, 0.2) is 47.6 Å². The van der Waals surface area contributed by atoms with Gasteiger partial charge < -0.3 is 5.32 Å². The normalized spacial score (nSPS) is 18.8. The van der Waals surface area contributed by atoms with Gasteiger partial charge >= 0.3 is 0 Å². The summed E-state index contributed by atoms with van der Waals surface area (Å²) in [6.07, 6.45) is 6.85. The van der Waals surface area contributed by atoms with Gasteiger partial charge in [0, 0.05) is 12.6 Å². The third kappa shape index (κ3) is 2.72. The summed E-state index contributed by atoms with van der Waals surface area (Å²) in [4.78, 5) is 4.25. The summed E-state index contributed by atoms with van der Waals surface area (Å²) in [5, 5.41) is 3.25. The molecule has 1 aliphatic carbocycles. The number of nitrogens with zero attached hydrogens (tertiary/aromatic N) is 1. The first-order valence-corrected chi connectivity index (χ1v) is 5.70. The van der Waals surface area contributed by atoms with E-state index in [1.165, 1.54) is 12.8 Å². The van der Waals surface area contributed by atoms with Crippen LogP contribution in [0, 0.1) is 5.41 Å². The van der Waals surface area contributed by atoms with Crippen molar-refractivity contribution in [1.82, 2.24) is 5.32 Å². The molecule has 2 heteroatoms. The van der Waals surface area contributed by atoms with E-state index in [9.17, 15) is 0 Å². The number of hydrogen-bond donors (Lipinski definition) is 1. The summed E-state index contributed by atoms with van der Waals surface area (Å²) in [6.45, 7) is 2.27. The lowest BCUT2D eigenvalue weighted by atomic mass is 10.1. The number of aliphatic imine (C=N–C) groups is 1. The average molecular weight is 214 g/mol. The second kappa shape index (κ2) is 4.52. The molecule has 0 unspecified atom stereocenters. The zero-order valence-corrected chi connectivity index (χ0v) is 9.90. The first-order chi connectivity index (χ1) is 7.73. The van der Waals surface area contributed by atoms with E-state index in [1.54, 1.807) is 0 Å². The number of nitrogens with one attached hydrogen (secondary N) is 1. The van der Waals surface area contributed by atoms with E-state index >= 15 is 0 Å². The minimum atomic E-state index is 0.433. The maximum Gasteiger partial charge on any atom is 0.131 e. The highest BCUT2D eigenvalue weighted by Gasteiger charge is 2.33. The van der Waals surface area contributed by atoms with E-state index < -0.39 is 0 Å². The number of hydrogen-bond acceptors (Lipinski definition) is 1. The molecule has 0 heterocycles. The smallest absolute Gasteiger partial charge is 0.131 e. The van der Waals surface area contributed by atoms with Gasteiger partial charge in [-0.25, -0.2) is 0 Å². The van der Waals surface area contributed by atoms with Crippen LogP contribution in [0.5, 0.6) is 0 Å². The van der Waals surface area contributed by atoms with Crippen LogP contribution in [0.1, 0.15) is 25.3 Å². The largest absolute Gasteiger partial charge is 0.347 e. The van der Waals surface area contributed by atoms with Crippen molar-refractivity contribution in [2.45, 2.75) is 19.8 Å². The minimum Gasteiger partial charge on any atom is -0.347 e. The number of benzene rings is 1. The van der Waals surface area contributed by atoms with Crippen LogP contribution >= 0.6 is 0 Å². The van der Waals surface area contributed by atoms with E-state index in [0.717, 1.165) is 11.4 Å². The van der Waals surface area contributed by atoms with Crippen LogP contribution < -0.4 is 5.32 Å². The van der Waals surface area contributed by atoms with Crippen molar-refractivity contribution in [2.24, 2.45) is 10.4 Å². The molecule has 0 bridgehead atoms. The highest BCUT2D eigenvalue weighted by Crippen LogP contribution is 2.45. The van der Waals surface area contributed by atoms with Crippen molar-refractivity contribution in [3.8, 4) is 0 Å². The molecule has 0 amide bonds.